The van der Waals surface area contributed by atoms with Crippen LogP contribution >= 0.6 is 11.8 Å². The van der Waals surface area contributed by atoms with E-state index in [1.165, 1.54) is 23.9 Å². The van der Waals surface area contributed by atoms with Gasteiger partial charge in [-0.05, 0) is 68.4 Å². The summed E-state index contributed by atoms with van der Waals surface area (Å²) in [6.45, 7) is 6.16. The Morgan fingerprint density at radius 1 is 1.09 bits per heavy atom. The lowest BCUT2D eigenvalue weighted by Gasteiger charge is -2.25. The van der Waals surface area contributed by atoms with Gasteiger partial charge in [0.1, 0.15) is 16.4 Å². The molecular weight excluding hydrogens is 458 g/mol. The average Bonchev–Trinajstić information content (AvgIpc) is 2.76. The van der Waals surface area contributed by atoms with Crippen LogP contribution in [0.15, 0.2) is 47.4 Å². The molecule has 2 aromatic rings. The van der Waals surface area contributed by atoms with Gasteiger partial charge in [0.05, 0.1) is 0 Å². The van der Waals surface area contributed by atoms with Crippen molar-refractivity contribution in [3.05, 3.63) is 65.2 Å². The number of aliphatic carboxylic acids is 1. The molecule has 8 heteroatoms. The first-order valence-electron chi connectivity index (χ1n) is 11.5. The second kappa shape index (κ2) is 12.7. The normalized spacial score (nSPS) is 12.4. The van der Waals surface area contributed by atoms with E-state index in [1.54, 1.807) is 18.7 Å². The van der Waals surface area contributed by atoms with Gasteiger partial charge in [-0.1, -0.05) is 38.0 Å². The van der Waals surface area contributed by atoms with Crippen molar-refractivity contribution in [3.8, 4) is 0 Å². The van der Waals surface area contributed by atoms with Crippen molar-refractivity contribution >= 4 is 23.8 Å². The molecule has 0 saturated heterocycles. The predicted molar refractivity (Wildman–Crippen MR) is 132 cm³/mol. The lowest BCUT2D eigenvalue weighted by molar-refractivity contribution is -0.138. The molecule has 0 aliphatic carbocycles. The van der Waals surface area contributed by atoms with Gasteiger partial charge in [0, 0.05) is 24.1 Å². The summed E-state index contributed by atoms with van der Waals surface area (Å²) in [6, 6.07) is 10.7. The Balaban J connectivity index is 2.00. The van der Waals surface area contributed by atoms with E-state index in [1.807, 2.05) is 24.3 Å². The number of unbranched alkanes of at least 4 members (excludes halogenated alkanes) is 1. The van der Waals surface area contributed by atoms with Gasteiger partial charge in [0.15, 0.2) is 0 Å². The molecule has 5 nitrogen and oxygen atoms in total. The Morgan fingerprint density at radius 3 is 2.32 bits per heavy atom. The highest BCUT2D eigenvalue weighted by Gasteiger charge is 2.28. The first-order chi connectivity index (χ1) is 16.0. The highest BCUT2D eigenvalue weighted by atomic mass is 32.2. The predicted octanol–water partition coefficient (Wildman–Crippen LogP) is 6.21. The molecular formula is C26H34F2N2O3S. The van der Waals surface area contributed by atoms with Crippen LogP contribution in [0.4, 0.5) is 13.6 Å². The summed E-state index contributed by atoms with van der Waals surface area (Å²) in [5.41, 5.74) is 7.07. The number of carboxylic acids is 1. The molecule has 0 bridgehead atoms. The third-order valence-electron chi connectivity index (χ3n) is 5.85. The molecule has 0 saturated carbocycles. The van der Waals surface area contributed by atoms with Gasteiger partial charge in [0.2, 0.25) is 0 Å². The molecule has 0 fully saturated rings. The van der Waals surface area contributed by atoms with E-state index in [0.717, 1.165) is 35.8 Å². The number of carbonyl (C=O) groups excluding carboxylic acids is 1. The molecule has 186 valence electrons. The van der Waals surface area contributed by atoms with E-state index >= 15 is 0 Å². The maximum Gasteiger partial charge on any atom is 0.319 e. The Kier molecular flexibility index (Phi) is 10.4. The second-order valence-electron chi connectivity index (χ2n) is 8.93. The largest absolute Gasteiger partial charge is 0.480 e. The molecule has 0 spiro atoms. The Hall–Kier alpha value is -2.61. The highest BCUT2D eigenvalue weighted by molar-refractivity contribution is 8.01. The lowest BCUT2D eigenvalue weighted by Crippen LogP contribution is -2.38. The topological polar surface area (TPSA) is 83.6 Å². The summed E-state index contributed by atoms with van der Waals surface area (Å²) >= 11 is 1.27. The van der Waals surface area contributed by atoms with Crippen molar-refractivity contribution in [3.63, 3.8) is 0 Å². The van der Waals surface area contributed by atoms with Crippen LogP contribution in [-0.2, 0) is 11.2 Å². The number of amides is 2. The third-order valence-corrected chi connectivity index (χ3v) is 7.04. The fourth-order valence-electron chi connectivity index (χ4n) is 3.71. The zero-order chi connectivity index (χ0) is 25.3. The highest BCUT2D eigenvalue weighted by Crippen LogP contribution is 2.33. The molecule has 0 heterocycles. The molecule has 2 amide bonds. The summed E-state index contributed by atoms with van der Waals surface area (Å²) < 4.78 is 26.8. The molecule has 0 radical (unpaired) electrons. The average molecular weight is 493 g/mol. The maximum absolute atomic E-state index is 14.4. The lowest BCUT2D eigenvalue weighted by atomic mass is 9.90. The Labute approximate surface area is 204 Å². The third kappa shape index (κ3) is 8.31. The van der Waals surface area contributed by atoms with Crippen LogP contribution in [0.25, 0.3) is 0 Å². The standard InChI is InChI=1S/C26H34F2N2O3S/c1-4-5-6-19(22-12-9-20(27)17-23(22)28)14-16-30(25(29)33)15-13-18-7-10-21(11-8-18)34-26(2,3)24(31)32/h7-12,17,19H,4-6,13-16H2,1-3H3,(H2,29,33)(H,31,32). The zero-order valence-electron chi connectivity index (χ0n) is 20.0. The smallest absolute Gasteiger partial charge is 0.319 e. The van der Waals surface area contributed by atoms with Gasteiger partial charge < -0.3 is 15.7 Å². The molecule has 34 heavy (non-hydrogen) atoms. The number of rotatable bonds is 13. The van der Waals surface area contributed by atoms with E-state index in [9.17, 15) is 23.5 Å². The molecule has 0 aromatic heterocycles. The number of urea groups is 1. The van der Waals surface area contributed by atoms with Crippen LogP contribution in [0.1, 0.15) is 63.5 Å². The summed E-state index contributed by atoms with van der Waals surface area (Å²) in [4.78, 5) is 25.8. The van der Waals surface area contributed by atoms with Crippen LogP contribution < -0.4 is 5.73 Å². The molecule has 0 aliphatic rings. The number of benzene rings is 2. The first-order valence-corrected chi connectivity index (χ1v) is 12.4. The van der Waals surface area contributed by atoms with E-state index < -0.39 is 28.4 Å². The number of halogens is 2. The number of hydrogen-bond donors (Lipinski definition) is 2. The summed E-state index contributed by atoms with van der Waals surface area (Å²) in [5.74, 6) is -2.17. The monoisotopic (exact) mass is 492 g/mol. The van der Waals surface area contributed by atoms with E-state index in [4.69, 9.17) is 5.73 Å². The molecule has 1 unspecified atom stereocenters. The first kappa shape index (κ1) is 27.6. The van der Waals surface area contributed by atoms with E-state index in [0.29, 0.717) is 31.5 Å². The van der Waals surface area contributed by atoms with Crippen molar-refractivity contribution < 1.29 is 23.5 Å². The number of nitrogens with zero attached hydrogens (tertiary/aromatic N) is 1. The Morgan fingerprint density at radius 2 is 1.76 bits per heavy atom. The van der Waals surface area contributed by atoms with Gasteiger partial charge in [-0.3, -0.25) is 4.79 Å². The summed E-state index contributed by atoms with van der Waals surface area (Å²) in [6.07, 6.45) is 3.72. The van der Waals surface area contributed by atoms with Crippen molar-refractivity contribution in [1.29, 1.82) is 0 Å². The zero-order valence-corrected chi connectivity index (χ0v) is 20.8. The van der Waals surface area contributed by atoms with Gasteiger partial charge in [0.25, 0.3) is 0 Å². The van der Waals surface area contributed by atoms with Crippen LogP contribution in [-0.4, -0.2) is 39.8 Å². The summed E-state index contributed by atoms with van der Waals surface area (Å²) in [7, 11) is 0. The number of nitrogens with two attached hydrogens (primary N) is 1. The van der Waals surface area contributed by atoms with E-state index in [-0.39, 0.29) is 5.92 Å². The minimum absolute atomic E-state index is 0.128. The molecule has 0 aliphatic heterocycles. The number of hydrogen-bond acceptors (Lipinski definition) is 3. The van der Waals surface area contributed by atoms with Crippen LogP contribution in [0.5, 0.6) is 0 Å². The SMILES string of the molecule is CCCCC(CCN(CCc1ccc(SC(C)(C)C(=O)O)cc1)C(N)=O)c1ccc(F)cc1F. The van der Waals surface area contributed by atoms with Gasteiger partial charge >= 0.3 is 12.0 Å². The number of carboxylic acid groups (broad SMARTS) is 1. The molecule has 1 atom stereocenters. The Bertz CT molecular complexity index is 967. The van der Waals surface area contributed by atoms with Gasteiger partial charge in [-0.15, -0.1) is 11.8 Å². The molecule has 3 N–H and O–H groups in total. The maximum atomic E-state index is 14.4. The fraction of sp³-hybridized carbons (Fsp3) is 0.462. The number of thioether (sulfide) groups is 1. The van der Waals surface area contributed by atoms with Gasteiger partial charge in [-0.25, -0.2) is 13.6 Å². The van der Waals surface area contributed by atoms with Crippen LogP contribution in [0.2, 0.25) is 0 Å². The molecule has 2 aromatic carbocycles. The van der Waals surface area contributed by atoms with Crippen molar-refractivity contribution in [2.24, 2.45) is 5.73 Å². The quantitative estimate of drug-likeness (QED) is 0.326. The second-order valence-corrected chi connectivity index (χ2v) is 10.6. The summed E-state index contributed by atoms with van der Waals surface area (Å²) in [5, 5.41) is 9.28. The number of carbonyl (C=O) groups is 2. The van der Waals surface area contributed by atoms with Crippen LogP contribution in [0.3, 0.4) is 0 Å². The molecule has 2 rings (SSSR count). The number of primary amides is 1. The van der Waals surface area contributed by atoms with Gasteiger partial charge in [-0.2, -0.15) is 0 Å². The minimum Gasteiger partial charge on any atom is -0.480 e. The van der Waals surface area contributed by atoms with Crippen molar-refractivity contribution in [2.75, 3.05) is 13.1 Å². The van der Waals surface area contributed by atoms with E-state index in [2.05, 4.69) is 6.92 Å². The minimum atomic E-state index is -0.928. The van der Waals surface area contributed by atoms with Crippen molar-refractivity contribution in [1.82, 2.24) is 4.90 Å². The fourth-order valence-corrected chi connectivity index (χ4v) is 4.66. The van der Waals surface area contributed by atoms with Crippen LogP contribution in [0, 0.1) is 11.6 Å². The van der Waals surface area contributed by atoms with Crippen molar-refractivity contribution in [2.45, 2.75) is 68.4 Å².